The zero-order valence-electron chi connectivity index (χ0n) is 17.3. The van der Waals surface area contributed by atoms with Crippen LogP contribution in [0.15, 0.2) is 48.5 Å². The highest BCUT2D eigenvalue weighted by Gasteiger charge is 2.46. The number of carboxylic acids is 1. The Morgan fingerprint density at radius 2 is 1.81 bits per heavy atom. The van der Waals surface area contributed by atoms with Crippen LogP contribution in [0.1, 0.15) is 60.0 Å². The quantitative estimate of drug-likeness (QED) is 0.571. The van der Waals surface area contributed by atoms with Gasteiger partial charge < -0.3 is 15.2 Å². The second kappa shape index (κ2) is 8.15. The zero-order valence-corrected chi connectivity index (χ0v) is 18.1. The zero-order chi connectivity index (χ0) is 22.3. The first kappa shape index (κ1) is 20.8. The smallest absolute Gasteiger partial charge is 0.335 e. The molecular weight excluding hydrogens is 429 g/mol. The van der Waals surface area contributed by atoms with E-state index in [0.29, 0.717) is 31.6 Å². The van der Waals surface area contributed by atoms with E-state index < -0.39 is 11.5 Å². The molecule has 1 amide bonds. The number of rotatable bonds is 6. The predicted molar refractivity (Wildman–Crippen MR) is 119 cm³/mol. The van der Waals surface area contributed by atoms with E-state index in [-0.39, 0.29) is 17.3 Å². The maximum absolute atomic E-state index is 13.5. The fraction of sp³-hybridized carbons (Fsp3) is 0.280. The molecule has 0 radical (unpaired) electrons. The molecule has 2 N–H and O–H groups in total. The van der Waals surface area contributed by atoms with Gasteiger partial charge >= 0.3 is 5.97 Å². The van der Waals surface area contributed by atoms with Crippen LogP contribution < -0.4 is 5.32 Å². The van der Waals surface area contributed by atoms with Crippen molar-refractivity contribution in [3.63, 3.8) is 0 Å². The van der Waals surface area contributed by atoms with Crippen molar-refractivity contribution in [1.82, 2.24) is 5.32 Å². The lowest BCUT2D eigenvalue weighted by molar-refractivity contribution is 0.0696. The molecule has 1 fully saturated rings. The number of fused-ring (bicyclic) bond motifs is 1. The molecule has 2 aliphatic rings. The van der Waals surface area contributed by atoms with Gasteiger partial charge in [0.1, 0.15) is 5.82 Å². The van der Waals surface area contributed by atoms with E-state index in [9.17, 15) is 14.0 Å². The predicted octanol–water partition coefficient (Wildman–Crippen LogP) is 4.67. The van der Waals surface area contributed by atoms with Gasteiger partial charge in [-0.15, -0.1) is 11.3 Å². The molecule has 1 aliphatic heterocycles. The van der Waals surface area contributed by atoms with Gasteiger partial charge in [0.25, 0.3) is 5.91 Å². The van der Waals surface area contributed by atoms with Crippen molar-refractivity contribution in [2.45, 2.75) is 37.8 Å². The average molecular weight is 452 g/mol. The van der Waals surface area contributed by atoms with Crippen LogP contribution in [0, 0.1) is 5.82 Å². The normalized spacial score (nSPS) is 16.3. The number of halogens is 1. The molecule has 0 spiro atoms. The van der Waals surface area contributed by atoms with Crippen LogP contribution in [0.4, 0.5) is 4.39 Å². The monoisotopic (exact) mass is 451 g/mol. The number of hydrogen-bond acceptors (Lipinski definition) is 4. The lowest BCUT2D eigenvalue weighted by atomic mass is 9.98. The molecule has 0 saturated heterocycles. The summed E-state index contributed by atoms with van der Waals surface area (Å²) in [6.07, 6.45) is 2.88. The topological polar surface area (TPSA) is 75.6 Å². The van der Waals surface area contributed by atoms with Crippen LogP contribution in [0.25, 0.3) is 0 Å². The van der Waals surface area contributed by atoms with E-state index in [2.05, 4.69) is 5.32 Å². The molecule has 2 heterocycles. The van der Waals surface area contributed by atoms with Gasteiger partial charge in [-0.2, -0.15) is 0 Å². The van der Waals surface area contributed by atoms with Crippen molar-refractivity contribution in [2.24, 2.45) is 0 Å². The lowest BCUT2D eigenvalue weighted by Crippen LogP contribution is -2.36. The summed E-state index contributed by atoms with van der Waals surface area (Å²) in [6.45, 7) is 1.09. The summed E-state index contributed by atoms with van der Waals surface area (Å²) in [5.41, 5.74) is 3.40. The van der Waals surface area contributed by atoms with Crippen LogP contribution in [0.2, 0.25) is 0 Å². The van der Waals surface area contributed by atoms with Crippen molar-refractivity contribution in [3.8, 4) is 0 Å². The van der Waals surface area contributed by atoms with Crippen LogP contribution in [-0.4, -0.2) is 23.6 Å². The van der Waals surface area contributed by atoms with Gasteiger partial charge in [0.05, 0.1) is 29.9 Å². The molecule has 1 aromatic heterocycles. The Morgan fingerprint density at radius 1 is 1.09 bits per heavy atom. The molecule has 32 heavy (non-hydrogen) atoms. The fourth-order valence-electron chi connectivity index (χ4n) is 4.29. The van der Waals surface area contributed by atoms with Crippen molar-refractivity contribution in [2.75, 3.05) is 6.61 Å². The van der Waals surface area contributed by atoms with E-state index in [1.54, 1.807) is 47.7 Å². The Labute approximate surface area is 188 Å². The third kappa shape index (κ3) is 3.94. The Balaban J connectivity index is 1.44. The molecular formula is C25H22FNO4S. The largest absolute Gasteiger partial charge is 0.478 e. The highest BCUT2D eigenvalue weighted by atomic mass is 32.1. The second-order valence-corrected chi connectivity index (χ2v) is 9.52. The first-order valence-electron chi connectivity index (χ1n) is 10.6. The standard InChI is InChI=1S/C25H22FNO4S/c26-18-7-1-15(2-8-18)13-20-22(19-9-12-31-14-21(19)32-20)23(28)27-25(10-11-25)17-5-3-16(4-6-17)24(29)30/h1-8H,9-14H2,(H,27,28)(H,29,30). The van der Waals surface area contributed by atoms with Crippen LogP contribution >= 0.6 is 11.3 Å². The Kier molecular flexibility index (Phi) is 5.31. The number of thiophene rings is 1. The molecule has 5 nitrogen and oxygen atoms in total. The number of ether oxygens (including phenoxy) is 1. The lowest BCUT2D eigenvalue weighted by Gasteiger charge is -2.20. The molecule has 164 valence electrons. The van der Waals surface area contributed by atoms with Gasteiger partial charge in [0.2, 0.25) is 0 Å². The van der Waals surface area contributed by atoms with Crippen molar-refractivity contribution >= 4 is 23.2 Å². The number of carbonyl (C=O) groups excluding carboxylic acids is 1. The van der Waals surface area contributed by atoms with Gasteiger partial charge in [-0.05, 0) is 60.2 Å². The number of hydrogen-bond donors (Lipinski definition) is 2. The molecule has 7 heteroatoms. The first-order chi connectivity index (χ1) is 15.4. The van der Waals surface area contributed by atoms with Crippen LogP contribution in [0.3, 0.4) is 0 Å². The molecule has 5 rings (SSSR count). The van der Waals surface area contributed by atoms with Crippen LogP contribution in [-0.2, 0) is 29.7 Å². The minimum Gasteiger partial charge on any atom is -0.478 e. The van der Waals surface area contributed by atoms with E-state index in [0.717, 1.165) is 39.3 Å². The fourth-order valence-corrected chi connectivity index (χ4v) is 5.61. The molecule has 1 saturated carbocycles. The summed E-state index contributed by atoms with van der Waals surface area (Å²) < 4.78 is 18.9. The van der Waals surface area contributed by atoms with Crippen molar-refractivity contribution in [3.05, 3.63) is 91.9 Å². The SMILES string of the molecule is O=C(O)c1ccc(C2(NC(=O)c3c(Cc4ccc(F)cc4)sc4c3CCOC4)CC2)cc1. The minimum atomic E-state index is -0.969. The average Bonchev–Trinajstić information content (AvgIpc) is 3.47. The second-order valence-electron chi connectivity index (χ2n) is 8.33. The first-order valence-corrected chi connectivity index (χ1v) is 11.4. The number of amides is 1. The maximum atomic E-state index is 13.5. The van der Waals surface area contributed by atoms with E-state index in [1.165, 1.54) is 12.1 Å². The number of aromatic carboxylic acids is 1. The third-order valence-corrected chi connectivity index (χ3v) is 7.39. The van der Waals surface area contributed by atoms with E-state index in [1.807, 2.05) is 0 Å². The van der Waals surface area contributed by atoms with Gasteiger partial charge in [-0.25, -0.2) is 9.18 Å². The van der Waals surface area contributed by atoms with E-state index in [4.69, 9.17) is 9.84 Å². The summed E-state index contributed by atoms with van der Waals surface area (Å²) >= 11 is 1.59. The summed E-state index contributed by atoms with van der Waals surface area (Å²) in [5, 5.41) is 12.4. The summed E-state index contributed by atoms with van der Waals surface area (Å²) in [5.74, 6) is -1.36. The van der Waals surface area contributed by atoms with Crippen LogP contribution in [0.5, 0.6) is 0 Å². The maximum Gasteiger partial charge on any atom is 0.335 e. The summed E-state index contributed by atoms with van der Waals surface area (Å²) in [6, 6.07) is 13.1. The van der Waals surface area contributed by atoms with Crippen molar-refractivity contribution < 1.29 is 23.8 Å². The Hall–Kier alpha value is -3.03. The van der Waals surface area contributed by atoms with Gasteiger partial charge in [-0.3, -0.25) is 4.79 Å². The van der Waals surface area contributed by atoms with Gasteiger partial charge in [-0.1, -0.05) is 24.3 Å². The Morgan fingerprint density at radius 3 is 2.47 bits per heavy atom. The van der Waals surface area contributed by atoms with Crippen molar-refractivity contribution in [1.29, 1.82) is 0 Å². The van der Waals surface area contributed by atoms with Gasteiger partial charge in [0.15, 0.2) is 0 Å². The Bertz CT molecular complexity index is 1180. The minimum absolute atomic E-state index is 0.110. The molecule has 2 aromatic carbocycles. The molecule has 0 atom stereocenters. The molecule has 1 aliphatic carbocycles. The van der Waals surface area contributed by atoms with E-state index >= 15 is 0 Å². The number of nitrogens with one attached hydrogen (secondary N) is 1. The molecule has 0 bridgehead atoms. The number of carboxylic acid groups (broad SMARTS) is 1. The highest BCUT2D eigenvalue weighted by Crippen LogP contribution is 2.46. The summed E-state index contributed by atoms with van der Waals surface area (Å²) in [4.78, 5) is 26.7. The van der Waals surface area contributed by atoms with Gasteiger partial charge in [0, 0.05) is 16.2 Å². The summed E-state index contributed by atoms with van der Waals surface area (Å²) in [7, 11) is 0. The highest BCUT2D eigenvalue weighted by molar-refractivity contribution is 7.12. The number of carbonyl (C=O) groups is 2. The number of benzene rings is 2. The third-order valence-electron chi connectivity index (χ3n) is 6.19. The molecule has 0 unspecified atom stereocenters. The molecule has 3 aromatic rings.